The number of hydrogen-bond donors (Lipinski definition) is 3. The van der Waals surface area contributed by atoms with Gasteiger partial charge in [0, 0.05) is 18.5 Å². The highest BCUT2D eigenvalue weighted by atomic mass is 19.4. The molecular formula is C28H27F3N2O6. The molecule has 0 radical (unpaired) electrons. The number of methoxy groups -OCH3 is 1. The summed E-state index contributed by atoms with van der Waals surface area (Å²) in [5.41, 5.74) is 1.48. The molecule has 0 fully saturated rings. The Morgan fingerprint density at radius 1 is 0.897 bits per heavy atom. The van der Waals surface area contributed by atoms with Crippen molar-refractivity contribution in [3.05, 3.63) is 95.2 Å². The number of amides is 2. The summed E-state index contributed by atoms with van der Waals surface area (Å²) in [6, 6.07) is 18.7. The number of benzene rings is 3. The molecule has 3 aromatic carbocycles. The van der Waals surface area contributed by atoms with Crippen LogP contribution in [-0.4, -0.2) is 50.2 Å². The third-order valence-electron chi connectivity index (χ3n) is 5.25. The number of carbonyl (C=O) groups is 2. The molecule has 3 N–H and O–H groups in total. The Bertz CT molecular complexity index is 1260. The van der Waals surface area contributed by atoms with Crippen LogP contribution in [0.3, 0.4) is 0 Å². The van der Waals surface area contributed by atoms with Gasteiger partial charge in [-0.1, -0.05) is 24.3 Å². The Hall–Kier alpha value is -4.51. The van der Waals surface area contributed by atoms with Gasteiger partial charge in [-0.05, 0) is 65.7 Å². The van der Waals surface area contributed by atoms with Crippen molar-refractivity contribution in [1.82, 2.24) is 10.6 Å². The quantitative estimate of drug-likeness (QED) is 0.297. The van der Waals surface area contributed by atoms with Gasteiger partial charge in [-0.15, -0.1) is 13.2 Å². The fraction of sp³-hybridized carbons (Fsp3) is 0.214. The Morgan fingerprint density at radius 2 is 1.51 bits per heavy atom. The molecule has 0 aliphatic heterocycles. The lowest BCUT2D eigenvalue weighted by Crippen LogP contribution is -2.36. The van der Waals surface area contributed by atoms with Crippen molar-refractivity contribution in [2.45, 2.75) is 12.8 Å². The van der Waals surface area contributed by atoms with Crippen LogP contribution < -0.4 is 24.8 Å². The molecule has 206 valence electrons. The van der Waals surface area contributed by atoms with Gasteiger partial charge in [-0.25, -0.2) is 0 Å². The Kier molecular flexibility index (Phi) is 10.3. The SMILES string of the molecule is COc1ccc(CCOc2ccc(C(=O)N/C(=C/c3ccc(OC(F)(F)F)cc3)C(=O)NCCO)cc2)cc1. The van der Waals surface area contributed by atoms with Crippen LogP contribution in [0.4, 0.5) is 13.2 Å². The summed E-state index contributed by atoms with van der Waals surface area (Å²) in [5.74, 6) is -0.390. The smallest absolute Gasteiger partial charge is 0.497 e. The van der Waals surface area contributed by atoms with Crippen molar-refractivity contribution in [2.75, 3.05) is 26.9 Å². The van der Waals surface area contributed by atoms with E-state index in [1.54, 1.807) is 19.2 Å². The molecular weight excluding hydrogens is 517 g/mol. The van der Waals surface area contributed by atoms with E-state index in [4.69, 9.17) is 14.6 Å². The highest BCUT2D eigenvalue weighted by Gasteiger charge is 2.31. The Balaban J connectivity index is 1.64. The summed E-state index contributed by atoms with van der Waals surface area (Å²) in [7, 11) is 1.60. The molecule has 0 unspecified atom stereocenters. The summed E-state index contributed by atoms with van der Waals surface area (Å²) in [6.07, 6.45) is -2.87. The molecule has 2 amide bonds. The Labute approximate surface area is 223 Å². The van der Waals surface area contributed by atoms with Crippen LogP contribution in [0, 0.1) is 0 Å². The molecule has 3 aromatic rings. The number of hydrogen-bond acceptors (Lipinski definition) is 6. The van der Waals surface area contributed by atoms with Crippen LogP contribution in [0.25, 0.3) is 6.08 Å². The minimum Gasteiger partial charge on any atom is -0.497 e. The number of aliphatic hydroxyl groups is 1. The van der Waals surface area contributed by atoms with E-state index in [0.29, 0.717) is 24.3 Å². The van der Waals surface area contributed by atoms with Gasteiger partial charge in [0.2, 0.25) is 0 Å². The molecule has 0 aliphatic carbocycles. The van der Waals surface area contributed by atoms with Crippen molar-refractivity contribution < 1.29 is 42.1 Å². The zero-order valence-electron chi connectivity index (χ0n) is 21.0. The van der Waals surface area contributed by atoms with Crippen LogP contribution in [0.15, 0.2) is 78.5 Å². The normalized spacial score (nSPS) is 11.5. The third-order valence-corrected chi connectivity index (χ3v) is 5.25. The average molecular weight is 545 g/mol. The topological polar surface area (TPSA) is 106 Å². The fourth-order valence-electron chi connectivity index (χ4n) is 3.33. The van der Waals surface area contributed by atoms with Crippen LogP contribution in [-0.2, 0) is 11.2 Å². The van der Waals surface area contributed by atoms with Crippen LogP contribution >= 0.6 is 0 Å². The minimum absolute atomic E-state index is 0.0625. The lowest BCUT2D eigenvalue weighted by atomic mass is 10.1. The van der Waals surface area contributed by atoms with Gasteiger partial charge >= 0.3 is 6.36 Å². The van der Waals surface area contributed by atoms with E-state index < -0.39 is 23.9 Å². The maximum atomic E-state index is 12.8. The molecule has 8 nitrogen and oxygen atoms in total. The predicted molar refractivity (Wildman–Crippen MR) is 137 cm³/mol. The van der Waals surface area contributed by atoms with Crippen molar-refractivity contribution in [2.24, 2.45) is 0 Å². The lowest BCUT2D eigenvalue weighted by molar-refractivity contribution is -0.274. The van der Waals surface area contributed by atoms with E-state index in [1.165, 1.54) is 30.3 Å². The largest absolute Gasteiger partial charge is 0.573 e. The second-order valence-corrected chi connectivity index (χ2v) is 8.08. The summed E-state index contributed by atoms with van der Waals surface area (Å²) in [6.45, 7) is 0.0337. The molecule has 3 rings (SSSR count). The van der Waals surface area contributed by atoms with E-state index in [1.807, 2.05) is 24.3 Å². The van der Waals surface area contributed by atoms with Gasteiger partial charge in [-0.2, -0.15) is 0 Å². The van der Waals surface area contributed by atoms with Crippen molar-refractivity contribution in [3.8, 4) is 17.2 Å². The standard InChI is InChI=1S/C28H27F3N2O6/c1-37-22-8-2-19(3-9-22)14-17-38-23-12-6-21(7-13-23)26(35)33-25(27(36)32-15-16-34)18-20-4-10-24(11-5-20)39-28(29,30)31/h2-13,18,34H,14-17H2,1H3,(H,32,36)(H,33,35)/b25-18+. The van der Waals surface area contributed by atoms with Crippen molar-refractivity contribution in [3.63, 3.8) is 0 Å². The van der Waals surface area contributed by atoms with E-state index in [0.717, 1.165) is 23.4 Å². The van der Waals surface area contributed by atoms with Gasteiger partial charge in [-0.3, -0.25) is 9.59 Å². The maximum Gasteiger partial charge on any atom is 0.573 e. The number of alkyl halides is 3. The molecule has 0 aromatic heterocycles. The molecule has 0 saturated heterocycles. The minimum atomic E-state index is -4.84. The second kappa shape index (κ2) is 13.9. The molecule has 0 heterocycles. The molecule has 0 aliphatic rings. The molecule has 0 atom stereocenters. The van der Waals surface area contributed by atoms with Gasteiger partial charge < -0.3 is 30.0 Å². The number of rotatable bonds is 12. The summed E-state index contributed by atoms with van der Waals surface area (Å²) in [4.78, 5) is 25.4. The molecule has 11 heteroatoms. The highest BCUT2D eigenvalue weighted by Crippen LogP contribution is 2.23. The number of carbonyl (C=O) groups excluding carboxylic acids is 2. The zero-order chi connectivity index (χ0) is 28.3. The van der Waals surface area contributed by atoms with E-state index in [-0.39, 0.29) is 24.4 Å². The number of nitrogens with one attached hydrogen (secondary N) is 2. The lowest BCUT2D eigenvalue weighted by Gasteiger charge is -2.12. The maximum absolute atomic E-state index is 12.8. The first-order valence-electron chi connectivity index (χ1n) is 11.8. The summed E-state index contributed by atoms with van der Waals surface area (Å²) in [5, 5.41) is 13.9. The molecule has 39 heavy (non-hydrogen) atoms. The van der Waals surface area contributed by atoms with Gasteiger partial charge in [0.05, 0.1) is 20.3 Å². The highest BCUT2D eigenvalue weighted by molar-refractivity contribution is 6.05. The zero-order valence-corrected chi connectivity index (χ0v) is 21.0. The van der Waals surface area contributed by atoms with Gasteiger partial charge in [0.25, 0.3) is 11.8 Å². The Morgan fingerprint density at radius 3 is 2.10 bits per heavy atom. The molecule has 0 bridgehead atoms. The first-order chi connectivity index (χ1) is 18.7. The molecule has 0 saturated carbocycles. The average Bonchev–Trinajstić information content (AvgIpc) is 2.92. The first-order valence-corrected chi connectivity index (χ1v) is 11.8. The summed E-state index contributed by atoms with van der Waals surface area (Å²) < 4.78 is 51.9. The molecule has 0 spiro atoms. The number of ether oxygens (including phenoxy) is 3. The van der Waals surface area contributed by atoms with Crippen molar-refractivity contribution in [1.29, 1.82) is 0 Å². The first kappa shape index (κ1) is 29.1. The monoisotopic (exact) mass is 544 g/mol. The predicted octanol–water partition coefficient (Wildman–Crippen LogP) is 4.09. The van der Waals surface area contributed by atoms with Crippen molar-refractivity contribution >= 4 is 17.9 Å². The second-order valence-electron chi connectivity index (χ2n) is 8.08. The number of halogens is 3. The fourth-order valence-corrected chi connectivity index (χ4v) is 3.33. The van der Waals surface area contributed by atoms with Crippen LogP contribution in [0.5, 0.6) is 17.2 Å². The summed E-state index contributed by atoms with van der Waals surface area (Å²) >= 11 is 0. The number of aliphatic hydroxyl groups excluding tert-OH is 1. The van der Waals surface area contributed by atoms with Gasteiger partial charge in [0.1, 0.15) is 22.9 Å². The third kappa shape index (κ3) is 9.71. The van der Waals surface area contributed by atoms with Crippen LogP contribution in [0.1, 0.15) is 21.5 Å². The van der Waals surface area contributed by atoms with E-state index >= 15 is 0 Å². The van der Waals surface area contributed by atoms with E-state index in [9.17, 15) is 22.8 Å². The van der Waals surface area contributed by atoms with E-state index in [2.05, 4.69) is 15.4 Å². The van der Waals surface area contributed by atoms with Crippen LogP contribution in [0.2, 0.25) is 0 Å². The van der Waals surface area contributed by atoms with Gasteiger partial charge in [0.15, 0.2) is 0 Å².